The van der Waals surface area contributed by atoms with E-state index in [1.165, 1.54) is 23.1 Å². The minimum absolute atomic E-state index is 0.0443. The molecule has 2 rings (SSSR count). The SMILES string of the molecule is O=C1CN(C(=O)c2ccc(F)cc2Br)CCCN1. The van der Waals surface area contributed by atoms with Crippen LogP contribution in [0.25, 0.3) is 0 Å². The van der Waals surface area contributed by atoms with E-state index in [0.717, 1.165) is 6.42 Å². The molecule has 4 nitrogen and oxygen atoms in total. The van der Waals surface area contributed by atoms with Crippen LogP contribution in [0.2, 0.25) is 0 Å². The van der Waals surface area contributed by atoms with E-state index in [4.69, 9.17) is 0 Å². The normalized spacial score (nSPS) is 16.1. The van der Waals surface area contributed by atoms with Gasteiger partial charge in [0.2, 0.25) is 5.91 Å². The fraction of sp³-hybridized carbons (Fsp3) is 0.333. The van der Waals surface area contributed by atoms with Crippen LogP contribution in [-0.2, 0) is 4.79 Å². The van der Waals surface area contributed by atoms with Crippen molar-refractivity contribution in [3.05, 3.63) is 34.1 Å². The van der Waals surface area contributed by atoms with Gasteiger partial charge in [0.1, 0.15) is 5.82 Å². The van der Waals surface area contributed by atoms with Crippen molar-refractivity contribution in [3.8, 4) is 0 Å². The minimum Gasteiger partial charge on any atom is -0.354 e. The molecule has 0 bridgehead atoms. The Balaban J connectivity index is 2.21. The van der Waals surface area contributed by atoms with E-state index < -0.39 is 5.82 Å². The second kappa shape index (κ2) is 5.48. The Morgan fingerprint density at radius 1 is 1.44 bits per heavy atom. The summed E-state index contributed by atoms with van der Waals surface area (Å²) in [4.78, 5) is 25.1. The summed E-state index contributed by atoms with van der Waals surface area (Å²) in [5.74, 6) is -0.843. The highest BCUT2D eigenvalue weighted by molar-refractivity contribution is 9.10. The van der Waals surface area contributed by atoms with Crippen molar-refractivity contribution >= 4 is 27.7 Å². The number of rotatable bonds is 1. The van der Waals surface area contributed by atoms with E-state index in [-0.39, 0.29) is 18.4 Å². The Kier molecular flexibility index (Phi) is 3.96. The summed E-state index contributed by atoms with van der Waals surface area (Å²) >= 11 is 3.16. The number of nitrogens with one attached hydrogen (secondary N) is 1. The molecule has 1 fully saturated rings. The van der Waals surface area contributed by atoms with Crippen LogP contribution in [0, 0.1) is 5.82 Å². The van der Waals surface area contributed by atoms with Crippen molar-refractivity contribution in [1.29, 1.82) is 0 Å². The van der Waals surface area contributed by atoms with Gasteiger partial charge in [-0.2, -0.15) is 0 Å². The Labute approximate surface area is 112 Å². The van der Waals surface area contributed by atoms with Crippen LogP contribution in [-0.4, -0.2) is 36.3 Å². The lowest BCUT2D eigenvalue weighted by Gasteiger charge is -2.19. The number of benzene rings is 1. The Hall–Kier alpha value is -1.43. The van der Waals surface area contributed by atoms with Crippen LogP contribution >= 0.6 is 15.9 Å². The molecule has 6 heteroatoms. The number of hydrogen-bond acceptors (Lipinski definition) is 2. The topological polar surface area (TPSA) is 49.4 Å². The van der Waals surface area contributed by atoms with Crippen molar-refractivity contribution in [2.75, 3.05) is 19.6 Å². The summed E-state index contributed by atoms with van der Waals surface area (Å²) in [6.45, 7) is 1.14. The fourth-order valence-corrected chi connectivity index (χ4v) is 2.33. The second-order valence-electron chi connectivity index (χ2n) is 4.05. The van der Waals surface area contributed by atoms with Gasteiger partial charge in [0.05, 0.1) is 12.1 Å². The molecule has 2 amide bonds. The first-order valence-electron chi connectivity index (χ1n) is 5.59. The fourth-order valence-electron chi connectivity index (χ4n) is 1.81. The lowest BCUT2D eigenvalue weighted by Crippen LogP contribution is -2.37. The van der Waals surface area contributed by atoms with Crippen LogP contribution < -0.4 is 5.32 Å². The first-order valence-corrected chi connectivity index (χ1v) is 6.38. The summed E-state index contributed by atoms with van der Waals surface area (Å²) in [7, 11) is 0. The number of halogens is 2. The molecule has 0 unspecified atom stereocenters. The molecule has 0 spiro atoms. The quantitative estimate of drug-likeness (QED) is 0.855. The van der Waals surface area contributed by atoms with Gasteiger partial charge in [-0.3, -0.25) is 9.59 Å². The summed E-state index contributed by atoms with van der Waals surface area (Å²) in [6, 6.07) is 3.89. The number of amides is 2. The van der Waals surface area contributed by atoms with Crippen molar-refractivity contribution < 1.29 is 14.0 Å². The van der Waals surface area contributed by atoms with E-state index >= 15 is 0 Å². The van der Waals surface area contributed by atoms with Crippen molar-refractivity contribution in [3.63, 3.8) is 0 Å². The smallest absolute Gasteiger partial charge is 0.255 e. The van der Waals surface area contributed by atoms with E-state index in [1.54, 1.807) is 0 Å². The number of nitrogens with zero attached hydrogens (tertiary/aromatic N) is 1. The maximum atomic E-state index is 13.0. The Morgan fingerprint density at radius 2 is 2.22 bits per heavy atom. The largest absolute Gasteiger partial charge is 0.354 e. The average Bonchev–Trinajstić information content (AvgIpc) is 2.53. The highest BCUT2D eigenvalue weighted by Gasteiger charge is 2.22. The molecule has 0 saturated carbocycles. The van der Waals surface area contributed by atoms with Gasteiger partial charge < -0.3 is 10.2 Å². The third kappa shape index (κ3) is 2.87. The van der Waals surface area contributed by atoms with Crippen LogP contribution in [0.4, 0.5) is 4.39 Å². The average molecular weight is 315 g/mol. The van der Waals surface area contributed by atoms with Crippen molar-refractivity contribution in [2.24, 2.45) is 0 Å². The molecule has 0 aromatic heterocycles. The number of carbonyl (C=O) groups excluding carboxylic acids is 2. The van der Waals surface area contributed by atoms with Gasteiger partial charge in [0, 0.05) is 17.6 Å². The lowest BCUT2D eigenvalue weighted by molar-refractivity contribution is -0.121. The molecule has 0 atom stereocenters. The summed E-state index contributed by atoms with van der Waals surface area (Å²) in [5.41, 5.74) is 0.367. The zero-order valence-corrected chi connectivity index (χ0v) is 11.2. The third-order valence-electron chi connectivity index (χ3n) is 2.71. The second-order valence-corrected chi connectivity index (χ2v) is 4.91. The Morgan fingerprint density at radius 3 is 2.94 bits per heavy atom. The predicted octanol–water partition coefficient (Wildman–Crippen LogP) is 1.55. The highest BCUT2D eigenvalue weighted by Crippen LogP contribution is 2.20. The van der Waals surface area contributed by atoms with E-state index in [1.807, 2.05) is 0 Å². The van der Waals surface area contributed by atoms with Crippen molar-refractivity contribution in [1.82, 2.24) is 10.2 Å². The first kappa shape index (κ1) is 13.0. The highest BCUT2D eigenvalue weighted by atomic mass is 79.9. The third-order valence-corrected chi connectivity index (χ3v) is 3.37. The summed E-state index contributed by atoms with van der Waals surface area (Å²) < 4.78 is 13.4. The molecule has 18 heavy (non-hydrogen) atoms. The predicted molar refractivity (Wildman–Crippen MR) is 67.6 cm³/mol. The monoisotopic (exact) mass is 314 g/mol. The maximum Gasteiger partial charge on any atom is 0.255 e. The zero-order valence-electron chi connectivity index (χ0n) is 9.58. The van der Waals surface area contributed by atoms with Gasteiger partial charge in [0.25, 0.3) is 5.91 Å². The molecular weight excluding hydrogens is 303 g/mol. The molecule has 1 saturated heterocycles. The van der Waals surface area contributed by atoms with Crippen LogP contribution in [0.5, 0.6) is 0 Å². The molecule has 1 heterocycles. The van der Waals surface area contributed by atoms with Gasteiger partial charge in [-0.15, -0.1) is 0 Å². The number of carbonyl (C=O) groups is 2. The van der Waals surface area contributed by atoms with Crippen LogP contribution in [0.3, 0.4) is 0 Å². The van der Waals surface area contributed by atoms with Gasteiger partial charge in [-0.1, -0.05) is 0 Å². The molecule has 0 radical (unpaired) electrons. The molecule has 0 aliphatic carbocycles. The van der Waals surface area contributed by atoms with Gasteiger partial charge >= 0.3 is 0 Å². The van der Waals surface area contributed by atoms with E-state index in [9.17, 15) is 14.0 Å². The van der Waals surface area contributed by atoms with E-state index in [2.05, 4.69) is 21.2 Å². The molecule has 1 aromatic carbocycles. The number of hydrogen-bond donors (Lipinski definition) is 1. The maximum absolute atomic E-state index is 13.0. The molecule has 1 N–H and O–H groups in total. The Bertz CT molecular complexity index is 493. The van der Waals surface area contributed by atoms with Gasteiger partial charge in [0.15, 0.2) is 0 Å². The molecule has 1 aliphatic heterocycles. The van der Waals surface area contributed by atoms with Gasteiger partial charge in [-0.05, 0) is 40.5 Å². The van der Waals surface area contributed by atoms with Crippen molar-refractivity contribution in [2.45, 2.75) is 6.42 Å². The molecule has 96 valence electrons. The summed E-state index contributed by atoms with van der Waals surface area (Å²) in [6.07, 6.45) is 0.719. The molecular formula is C12H12BrFN2O2. The minimum atomic E-state index is -0.410. The molecule has 1 aromatic rings. The lowest BCUT2D eigenvalue weighted by atomic mass is 10.2. The summed E-state index contributed by atoms with van der Waals surface area (Å²) in [5, 5.41) is 2.70. The van der Waals surface area contributed by atoms with Crippen LogP contribution in [0.15, 0.2) is 22.7 Å². The van der Waals surface area contributed by atoms with Crippen LogP contribution in [0.1, 0.15) is 16.8 Å². The van der Waals surface area contributed by atoms with E-state index in [0.29, 0.717) is 23.1 Å². The van der Waals surface area contributed by atoms with Gasteiger partial charge in [-0.25, -0.2) is 4.39 Å². The standard InChI is InChI=1S/C12H12BrFN2O2/c13-10-6-8(14)2-3-9(10)12(18)16-5-1-4-15-11(17)7-16/h2-3,6H,1,4-5,7H2,(H,15,17). The zero-order chi connectivity index (χ0) is 13.1. The molecule has 1 aliphatic rings. The first-order chi connectivity index (χ1) is 8.58.